The van der Waals surface area contributed by atoms with Crippen LogP contribution in [-0.4, -0.2) is 22.6 Å². The van der Waals surface area contributed by atoms with Gasteiger partial charge in [0.25, 0.3) is 0 Å². The van der Waals surface area contributed by atoms with Crippen LogP contribution in [0.2, 0.25) is 0 Å². The number of hydrogen-bond acceptors (Lipinski definition) is 4. The largest absolute Gasteiger partial charge is 0.481 e. The normalized spacial score (nSPS) is 11.7. The lowest BCUT2D eigenvalue weighted by atomic mass is 9.94. The summed E-state index contributed by atoms with van der Waals surface area (Å²) in [6.07, 6.45) is 1.82. The van der Waals surface area contributed by atoms with Crippen molar-refractivity contribution in [1.29, 1.82) is 0 Å². The molecule has 1 heterocycles. The van der Waals surface area contributed by atoms with Gasteiger partial charge in [0.2, 0.25) is 0 Å². The second kappa shape index (κ2) is 4.72. The van der Waals surface area contributed by atoms with E-state index in [1.807, 2.05) is 13.1 Å². The maximum atomic E-state index is 10.8. The minimum atomic E-state index is -0.782. The predicted octanol–water partition coefficient (Wildman–Crippen LogP) is 1.65. The van der Waals surface area contributed by atoms with E-state index in [2.05, 4.69) is 10.3 Å². The van der Waals surface area contributed by atoms with Gasteiger partial charge in [0.15, 0.2) is 0 Å². The van der Waals surface area contributed by atoms with Crippen molar-refractivity contribution in [2.75, 3.05) is 6.54 Å². The highest BCUT2D eigenvalue weighted by molar-refractivity contribution is 7.11. The molecule has 0 atom stereocenters. The highest BCUT2D eigenvalue weighted by Crippen LogP contribution is 2.15. The van der Waals surface area contributed by atoms with E-state index in [-0.39, 0.29) is 0 Å². The Morgan fingerprint density at radius 2 is 2.33 bits per heavy atom. The third kappa shape index (κ3) is 3.60. The molecule has 0 unspecified atom stereocenters. The molecule has 1 aromatic rings. The standard InChI is InChI=1S/C10H16N2O2S/c1-7-12-5-8(15-7)4-11-6-10(2,3)9(13)14/h5,11H,4,6H2,1-3H3,(H,13,14). The molecule has 0 radical (unpaired) electrons. The average Bonchev–Trinajstić information content (AvgIpc) is 2.51. The first kappa shape index (κ1) is 12.1. The van der Waals surface area contributed by atoms with E-state index >= 15 is 0 Å². The lowest BCUT2D eigenvalue weighted by molar-refractivity contribution is -0.146. The summed E-state index contributed by atoms with van der Waals surface area (Å²) in [5, 5.41) is 13.1. The minimum absolute atomic E-state index is 0.458. The monoisotopic (exact) mass is 228 g/mol. The van der Waals surface area contributed by atoms with E-state index in [4.69, 9.17) is 5.11 Å². The Morgan fingerprint density at radius 3 is 2.80 bits per heavy atom. The van der Waals surface area contributed by atoms with Crippen molar-refractivity contribution >= 4 is 17.3 Å². The van der Waals surface area contributed by atoms with Gasteiger partial charge in [-0.1, -0.05) is 0 Å². The van der Waals surface area contributed by atoms with Crippen LogP contribution in [0, 0.1) is 12.3 Å². The molecule has 0 bridgehead atoms. The van der Waals surface area contributed by atoms with Crippen molar-refractivity contribution in [3.63, 3.8) is 0 Å². The number of aromatic nitrogens is 1. The summed E-state index contributed by atoms with van der Waals surface area (Å²) in [7, 11) is 0. The van der Waals surface area contributed by atoms with Gasteiger partial charge in [-0.25, -0.2) is 4.98 Å². The van der Waals surface area contributed by atoms with Gasteiger partial charge in [0, 0.05) is 24.2 Å². The number of carbonyl (C=O) groups is 1. The zero-order valence-electron chi connectivity index (χ0n) is 9.20. The molecule has 0 saturated heterocycles. The van der Waals surface area contributed by atoms with Crippen LogP contribution < -0.4 is 5.32 Å². The maximum absolute atomic E-state index is 10.8. The van der Waals surface area contributed by atoms with Gasteiger partial charge in [-0.05, 0) is 20.8 Å². The van der Waals surface area contributed by atoms with E-state index in [1.165, 1.54) is 0 Å². The van der Waals surface area contributed by atoms with Crippen LogP contribution in [0.15, 0.2) is 6.20 Å². The quantitative estimate of drug-likeness (QED) is 0.804. The fraction of sp³-hybridized carbons (Fsp3) is 0.600. The summed E-state index contributed by atoms with van der Waals surface area (Å²) in [5.74, 6) is -0.782. The van der Waals surface area contributed by atoms with Crippen LogP contribution in [0.1, 0.15) is 23.7 Å². The van der Waals surface area contributed by atoms with Crippen molar-refractivity contribution in [3.05, 3.63) is 16.1 Å². The van der Waals surface area contributed by atoms with Gasteiger partial charge >= 0.3 is 5.97 Å². The molecule has 1 aromatic heterocycles. The van der Waals surface area contributed by atoms with Crippen LogP contribution >= 0.6 is 11.3 Å². The van der Waals surface area contributed by atoms with Crippen molar-refractivity contribution in [1.82, 2.24) is 10.3 Å². The Morgan fingerprint density at radius 1 is 1.67 bits per heavy atom. The molecule has 0 saturated carbocycles. The Balaban J connectivity index is 2.36. The van der Waals surface area contributed by atoms with E-state index in [0.717, 1.165) is 9.88 Å². The van der Waals surface area contributed by atoms with Gasteiger partial charge in [-0.3, -0.25) is 4.79 Å². The van der Waals surface area contributed by atoms with E-state index < -0.39 is 11.4 Å². The van der Waals surface area contributed by atoms with E-state index in [1.54, 1.807) is 25.2 Å². The number of aryl methyl sites for hydroxylation is 1. The third-order valence-corrected chi connectivity index (χ3v) is 3.03. The smallest absolute Gasteiger partial charge is 0.310 e. The first-order valence-electron chi connectivity index (χ1n) is 4.77. The van der Waals surface area contributed by atoms with Crippen molar-refractivity contribution in [2.24, 2.45) is 5.41 Å². The highest BCUT2D eigenvalue weighted by Gasteiger charge is 2.26. The second-order valence-electron chi connectivity index (χ2n) is 4.14. The maximum Gasteiger partial charge on any atom is 0.310 e. The van der Waals surface area contributed by atoms with Crippen LogP contribution in [0.4, 0.5) is 0 Å². The molecule has 0 aromatic carbocycles. The number of hydrogen-bond donors (Lipinski definition) is 2. The molecule has 5 heteroatoms. The third-order valence-electron chi connectivity index (χ3n) is 2.11. The van der Waals surface area contributed by atoms with Gasteiger partial charge < -0.3 is 10.4 Å². The number of carboxylic acid groups (broad SMARTS) is 1. The number of thiazole rings is 1. The Hall–Kier alpha value is -0.940. The summed E-state index contributed by atoms with van der Waals surface area (Å²) in [6.45, 7) is 6.51. The van der Waals surface area contributed by atoms with Gasteiger partial charge in [0.05, 0.1) is 10.4 Å². The van der Waals surface area contributed by atoms with Crippen LogP contribution in [0.5, 0.6) is 0 Å². The second-order valence-corrected chi connectivity index (χ2v) is 5.46. The summed E-state index contributed by atoms with van der Waals surface area (Å²) in [4.78, 5) is 16.1. The predicted molar refractivity (Wildman–Crippen MR) is 60.0 cm³/mol. The first-order chi connectivity index (χ1) is 6.92. The lowest BCUT2D eigenvalue weighted by Crippen LogP contribution is -2.35. The molecule has 0 aliphatic carbocycles. The number of nitrogens with one attached hydrogen (secondary N) is 1. The lowest BCUT2D eigenvalue weighted by Gasteiger charge is -2.19. The molecule has 1 rings (SSSR count). The molecule has 4 nitrogen and oxygen atoms in total. The van der Waals surface area contributed by atoms with Gasteiger partial charge in [-0.2, -0.15) is 0 Å². The fourth-order valence-corrected chi connectivity index (χ4v) is 1.83. The molecule has 0 aliphatic heterocycles. The molecule has 15 heavy (non-hydrogen) atoms. The van der Waals surface area contributed by atoms with E-state index in [9.17, 15) is 4.79 Å². The average molecular weight is 228 g/mol. The number of rotatable bonds is 5. The molecule has 84 valence electrons. The SMILES string of the molecule is Cc1ncc(CNCC(C)(C)C(=O)O)s1. The van der Waals surface area contributed by atoms with Crippen molar-refractivity contribution in [3.8, 4) is 0 Å². The Kier molecular flexibility index (Phi) is 3.82. The zero-order valence-corrected chi connectivity index (χ0v) is 10.0. The molecule has 0 amide bonds. The van der Waals surface area contributed by atoms with Gasteiger partial charge in [0.1, 0.15) is 0 Å². The van der Waals surface area contributed by atoms with Crippen LogP contribution in [0.25, 0.3) is 0 Å². The summed E-state index contributed by atoms with van der Waals surface area (Å²) < 4.78 is 0. The van der Waals surface area contributed by atoms with Crippen molar-refractivity contribution in [2.45, 2.75) is 27.3 Å². The first-order valence-corrected chi connectivity index (χ1v) is 5.59. The number of aliphatic carboxylic acids is 1. The molecule has 2 N–H and O–H groups in total. The number of carboxylic acids is 1. The molecule has 0 fully saturated rings. The Labute approximate surface area is 93.4 Å². The van der Waals surface area contributed by atoms with Crippen molar-refractivity contribution < 1.29 is 9.90 Å². The topological polar surface area (TPSA) is 62.2 Å². The minimum Gasteiger partial charge on any atom is -0.481 e. The van der Waals surface area contributed by atoms with Crippen LogP contribution in [-0.2, 0) is 11.3 Å². The molecular weight excluding hydrogens is 212 g/mol. The van der Waals surface area contributed by atoms with Crippen LogP contribution in [0.3, 0.4) is 0 Å². The van der Waals surface area contributed by atoms with E-state index in [0.29, 0.717) is 13.1 Å². The molecular formula is C10H16N2O2S. The fourth-order valence-electron chi connectivity index (χ4n) is 1.06. The summed E-state index contributed by atoms with van der Waals surface area (Å²) in [6, 6.07) is 0. The Bertz CT molecular complexity index is 347. The van der Waals surface area contributed by atoms with Gasteiger partial charge in [-0.15, -0.1) is 11.3 Å². The molecule has 0 aliphatic rings. The summed E-state index contributed by atoms with van der Waals surface area (Å²) in [5.41, 5.74) is -0.722. The summed E-state index contributed by atoms with van der Waals surface area (Å²) >= 11 is 1.63. The highest BCUT2D eigenvalue weighted by atomic mass is 32.1. The zero-order chi connectivity index (χ0) is 11.5. The number of nitrogens with zero attached hydrogens (tertiary/aromatic N) is 1. The molecule has 0 spiro atoms.